The number of ether oxygens (including phenoxy) is 2. The molecule has 2 N–H and O–H groups in total. The fraction of sp³-hybridized carbons (Fsp3) is 0.310. The maximum atomic E-state index is 12.9. The van der Waals surface area contributed by atoms with Crippen LogP contribution < -0.4 is 20.1 Å². The van der Waals surface area contributed by atoms with Gasteiger partial charge in [-0.3, -0.25) is 9.59 Å². The van der Waals surface area contributed by atoms with Gasteiger partial charge in [0.2, 0.25) is 11.8 Å². The van der Waals surface area contributed by atoms with Crippen LogP contribution in [0.4, 0.5) is 5.69 Å². The lowest BCUT2D eigenvalue weighted by atomic mass is 9.97. The molecule has 2 fully saturated rings. The molecule has 0 radical (unpaired) electrons. The fourth-order valence-corrected chi connectivity index (χ4v) is 4.94. The van der Waals surface area contributed by atoms with Crippen LogP contribution in [0.5, 0.6) is 17.2 Å². The van der Waals surface area contributed by atoms with Gasteiger partial charge in [-0.1, -0.05) is 30.3 Å². The molecule has 1 aliphatic heterocycles. The Hall–Kier alpha value is -3.80. The summed E-state index contributed by atoms with van der Waals surface area (Å²) < 4.78 is 12.7. The Kier molecular flexibility index (Phi) is 6.45. The maximum Gasteiger partial charge on any atom is 0.248 e. The summed E-state index contributed by atoms with van der Waals surface area (Å²) in [5.41, 5.74) is 8.60. The summed E-state index contributed by atoms with van der Waals surface area (Å²) in [4.78, 5) is 26.2. The highest BCUT2D eigenvalue weighted by Gasteiger charge is 2.32. The van der Waals surface area contributed by atoms with Crippen LogP contribution in [0.2, 0.25) is 0 Å². The van der Waals surface area contributed by atoms with Crippen LogP contribution in [-0.4, -0.2) is 24.5 Å². The lowest BCUT2D eigenvalue weighted by Gasteiger charge is -2.20. The zero-order valence-electron chi connectivity index (χ0n) is 19.9. The summed E-state index contributed by atoms with van der Waals surface area (Å²) >= 11 is 0. The molecule has 2 amide bonds. The molecule has 3 aromatic carbocycles. The molecule has 6 heteroatoms. The Labute approximate surface area is 205 Å². The van der Waals surface area contributed by atoms with Crippen LogP contribution in [0.3, 0.4) is 0 Å². The number of hydrogen-bond donors (Lipinski definition) is 1. The molecule has 0 spiro atoms. The molecule has 1 aliphatic carbocycles. The molecule has 5 rings (SSSR count). The standard InChI is InChI=1S/C29H30N2O4/c1-19-7-2-5-12-25(19)35-26-14-13-20(16-27(26)34-24-10-3-4-11-24)22-17-28(32)31(18-22)23-9-6-8-21(15-23)29(30)33/h2,5-9,12-16,22,24H,3-4,10-11,17-18H2,1H3,(H2,30,33)/t22-/m0/s1. The average Bonchev–Trinajstić information content (AvgIpc) is 3.51. The summed E-state index contributed by atoms with van der Waals surface area (Å²) in [6.07, 6.45) is 5.01. The lowest BCUT2D eigenvalue weighted by molar-refractivity contribution is -0.117. The maximum absolute atomic E-state index is 12.9. The largest absolute Gasteiger partial charge is 0.487 e. The smallest absolute Gasteiger partial charge is 0.248 e. The van der Waals surface area contributed by atoms with Crippen molar-refractivity contribution in [2.75, 3.05) is 11.4 Å². The normalized spacial score (nSPS) is 18.1. The monoisotopic (exact) mass is 470 g/mol. The first kappa shape index (κ1) is 23.0. The number of benzene rings is 3. The zero-order valence-corrected chi connectivity index (χ0v) is 19.9. The predicted octanol–water partition coefficient (Wildman–Crippen LogP) is 5.73. The van der Waals surface area contributed by atoms with E-state index in [1.807, 2.05) is 55.5 Å². The Morgan fingerprint density at radius 1 is 0.943 bits per heavy atom. The number of anilines is 1. The number of hydrogen-bond acceptors (Lipinski definition) is 4. The first-order valence-corrected chi connectivity index (χ1v) is 12.2. The molecule has 2 aliphatic rings. The van der Waals surface area contributed by atoms with Crippen molar-refractivity contribution in [3.8, 4) is 17.2 Å². The molecule has 1 atom stereocenters. The molecule has 0 aromatic heterocycles. The molecule has 3 aromatic rings. The van der Waals surface area contributed by atoms with E-state index in [0.29, 0.717) is 30.0 Å². The zero-order chi connectivity index (χ0) is 24.4. The second-order valence-electron chi connectivity index (χ2n) is 9.42. The van der Waals surface area contributed by atoms with Crippen LogP contribution in [-0.2, 0) is 4.79 Å². The SMILES string of the molecule is Cc1ccccc1Oc1ccc([C@H]2CC(=O)N(c3cccc(C(N)=O)c3)C2)cc1OC1CCCC1. The van der Waals surface area contributed by atoms with Gasteiger partial charge in [-0.05, 0) is 80.1 Å². The number of carbonyl (C=O) groups excluding carboxylic acids is 2. The van der Waals surface area contributed by atoms with Gasteiger partial charge in [-0.25, -0.2) is 0 Å². The van der Waals surface area contributed by atoms with Crippen LogP contribution in [0.25, 0.3) is 0 Å². The van der Waals surface area contributed by atoms with Gasteiger partial charge in [0.05, 0.1) is 6.10 Å². The van der Waals surface area contributed by atoms with Crippen molar-refractivity contribution in [3.05, 3.63) is 83.4 Å². The Morgan fingerprint density at radius 2 is 1.74 bits per heavy atom. The van der Waals surface area contributed by atoms with Crippen molar-refractivity contribution in [1.82, 2.24) is 0 Å². The van der Waals surface area contributed by atoms with Crippen molar-refractivity contribution in [2.24, 2.45) is 5.73 Å². The predicted molar refractivity (Wildman–Crippen MR) is 135 cm³/mol. The van der Waals surface area contributed by atoms with Crippen molar-refractivity contribution < 1.29 is 19.1 Å². The number of para-hydroxylation sites is 1. The van der Waals surface area contributed by atoms with Crippen LogP contribution in [0.15, 0.2) is 66.7 Å². The molecule has 35 heavy (non-hydrogen) atoms. The van der Waals surface area contributed by atoms with Gasteiger partial charge < -0.3 is 20.1 Å². The Bertz CT molecular complexity index is 1250. The molecule has 1 heterocycles. The van der Waals surface area contributed by atoms with Crippen molar-refractivity contribution in [1.29, 1.82) is 0 Å². The van der Waals surface area contributed by atoms with Crippen molar-refractivity contribution in [3.63, 3.8) is 0 Å². The second kappa shape index (κ2) is 9.82. The summed E-state index contributed by atoms with van der Waals surface area (Å²) in [6, 6.07) is 20.9. The number of carbonyl (C=O) groups is 2. The number of nitrogens with zero attached hydrogens (tertiary/aromatic N) is 1. The van der Waals surface area contributed by atoms with Crippen LogP contribution in [0, 0.1) is 6.92 Å². The van der Waals surface area contributed by atoms with Crippen LogP contribution >= 0.6 is 0 Å². The Balaban J connectivity index is 1.41. The number of nitrogens with two attached hydrogens (primary N) is 1. The fourth-order valence-electron chi connectivity index (χ4n) is 4.94. The topological polar surface area (TPSA) is 81.9 Å². The van der Waals surface area contributed by atoms with Gasteiger partial charge >= 0.3 is 0 Å². The lowest BCUT2D eigenvalue weighted by Crippen LogP contribution is -2.24. The molecule has 6 nitrogen and oxygen atoms in total. The summed E-state index contributed by atoms with van der Waals surface area (Å²) in [5.74, 6) is 1.74. The molecule has 0 bridgehead atoms. The van der Waals surface area contributed by atoms with E-state index in [1.165, 1.54) is 12.8 Å². The molecule has 1 saturated carbocycles. The van der Waals surface area contributed by atoms with E-state index in [4.69, 9.17) is 15.2 Å². The summed E-state index contributed by atoms with van der Waals surface area (Å²) in [5, 5.41) is 0. The minimum Gasteiger partial charge on any atom is -0.487 e. The van der Waals surface area contributed by atoms with Gasteiger partial charge in [0.15, 0.2) is 11.5 Å². The third kappa shape index (κ3) is 5.02. The summed E-state index contributed by atoms with van der Waals surface area (Å²) in [6.45, 7) is 2.55. The molecular formula is C29H30N2O4. The highest BCUT2D eigenvalue weighted by atomic mass is 16.5. The quantitative estimate of drug-likeness (QED) is 0.478. The third-order valence-corrected chi connectivity index (χ3v) is 6.92. The van der Waals surface area contributed by atoms with Crippen LogP contribution in [0.1, 0.15) is 59.5 Å². The van der Waals surface area contributed by atoms with Gasteiger partial charge in [-0.15, -0.1) is 0 Å². The van der Waals surface area contributed by atoms with Gasteiger partial charge in [0.25, 0.3) is 0 Å². The second-order valence-corrected chi connectivity index (χ2v) is 9.42. The summed E-state index contributed by atoms with van der Waals surface area (Å²) in [7, 11) is 0. The Morgan fingerprint density at radius 3 is 2.51 bits per heavy atom. The number of amides is 2. The van der Waals surface area contributed by atoms with Gasteiger partial charge in [-0.2, -0.15) is 0 Å². The average molecular weight is 471 g/mol. The minimum atomic E-state index is -0.506. The van der Waals surface area contributed by atoms with Gasteiger partial charge in [0, 0.05) is 30.1 Å². The molecule has 1 saturated heterocycles. The van der Waals surface area contributed by atoms with Crippen molar-refractivity contribution in [2.45, 2.75) is 51.0 Å². The number of rotatable bonds is 7. The number of aryl methyl sites for hydroxylation is 1. The van der Waals surface area contributed by atoms with Crippen molar-refractivity contribution >= 4 is 17.5 Å². The van der Waals surface area contributed by atoms with E-state index in [1.54, 1.807) is 23.1 Å². The first-order chi connectivity index (χ1) is 17.0. The van der Waals surface area contributed by atoms with Gasteiger partial charge in [0.1, 0.15) is 5.75 Å². The molecule has 180 valence electrons. The van der Waals surface area contributed by atoms with E-state index >= 15 is 0 Å². The molecule has 0 unspecified atom stereocenters. The van der Waals surface area contributed by atoms with E-state index in [-0.39, 0.29) is 17.9 Å². The molecular weight excluding hydrogens is 440 g/mol. The number of primary amides is 1. The van der Waals surface area contributed by atoms with E-state index < -0.39 is 5.91 Å². The van der Waals surface area contributed by atoms with E-state index in [2.05, 4.69) is 0 Å². The highest BCUT2D eigenvalue weighted by Crippen LogP contribution is 2.40. The van der Waals surface area contributed by atoms with E-state index in [9.17, 15) is 9.59 Å². The highest BCUT2D eigenvalue weighted by molar-refractivity contribution is 5.99. The first-order valence-electron chi connectivity index (χ1n) is 12.2. The minimum absolute atomic E-state index is 0.0122. The van der Waals surface area contributed by atoms with E-state index in [0.717, 1.165) is 35.5 Å². The third-order valence-electron chi connectivity index (χ3n) is 6.92.